The molecular formula is C20H33N. The van der Waals surface area contributed by atoms with Crippen LogP contribution in [-0.4, -0.2) is 6.54 Å². The smallest absolute Gasteiger partial charge is 0.00173 e. The van der Waals surface area contributed by atoms with E-state index in [-0.39, 0.29) is 0 Å². The molecule has 0 heterocycles. The van der Waals surface area contributed by atoms with Crippen LogP contribution in [0.25, 0.3) is 0 Å². The van der Waals surface area contributed by atoms with Gasteiger partial charge in [0.2, 0.25) is 0 Å². The quantitative estimate of drug-likeness (QED) is 0.829. The molecule has 2 N–H and O–H groups in total. The Kier molecular flexibility index (Phi) is 4.82. The summed E-state index contributed by atoms with van der Waals surface area (Å²) >= 11 is 0. The molecule has 0 radical (unpaired) electrons. The lowest BCUT2D eigenvalue weighted by atomic mass is 9.62. The van der Waals surface area contributed by atoms with Gasteiger partial charge in [-0.1, -0.05) is 50.1 Å². The normalized spacial score (nSPS) is 26.9. The van der Waals surface area contributed by atoms with Crippen molar-refractivity contribution >= 4 is 0 Å². The molecule has 0 aliphatic heterocycles. The van der Waals surface area contributed by atoms with Crippen LogP contribution in [0.1, 0.15) is 63.1 Å². The largest absolute Gasteiger partial charge is 0.330 e. The highest BCUT2D eigenvalue weighted by molar-refractivity contribution is 5.29. The third kappa shape index (κ3) is 4.10. The molecule has 1 aliphatic carbocycles. The van der Waals surface area contributed by atoms with Crippen molar-refractivity contribution < 1.29 is 0 Å². The molecular weight excluding hydrogens is 254 g/mol. The van der Waals surface area contributed by atoms with Gasteiger partial charge in [-0.3, -0.25) is 0 Å². The van der Waals surface area contributed by atoms with Crippen molar-refractivity contribution in [2.45, 2.75) is 66.7 Å². The molecule has 1 aromatic rings. The molecule has 0 amide bonds. The van der Waals surface area contributed by atoms with Gasteiger partial charge in [-0.2, -0.15) is 0 Å². The summed E-state index contributed by atoms with van der Waals surface area (Å²) in [7, 11) is 0. The molecule has 0 unspecified atom stereocenters. The first-order valence-electron chi connectivity index (χ1n) is 8.51. The van der Waals surface area contributed by atoms with Gasteiger partial charge >= 0.3 is 0 Å². The minimum atomic E-state index is 0.335. The summed E-state index contributed by atoms with van der Waals surface area (Å²) in [5.74, 6) is 0.858. The van der Waals surface area contributed by atoms with Crippen molar-refractivity contribution in [3.05, 3.63) is 34.9 Å². The average molecular weight is 287 g/mol. The highest BCUT2D eigenvalue weighted by Gasteiger charge is 2.37. The lowest BCUT2D eigenvalue weighted by molar-refractivity contribution is 0.0926. The Hall–Kier alpha value is -0.820. The minimum absolute atomic E-state index is 0.335. The molecule has 1 aliphatic rings. The zero-order valence-electron chi connectivity index (χ0n) is 14.6. The Labute approximate surface area is 131 Å². The molecule has 1 fully saturated rings. The van der Waals surface area contributed by atoms with Crippen LogP contribution in [-0.2, 0) is 6.42 Å². The summed E-state index contributed by atoms with van der Waals surface area (Å²) in [5, 5.41) is 0. The summed E-state index contributed by atoms with van der Waals surface area (Å²) in [4.78, 5) is 0. The number of hydrogen-bond donors (Lipinski definition) is 1. The first-order valence-corrected chi connectivity index (χ1v) is 8.51. The van der Waals surface area contributed by atoms with Crippen molar-refractivity contribution in [2.24, 2.45) is 22.5 Å². The molecule has 1 aromatic carbocycles. The monoisotopic (exact) mass is 287 g/mol. The molecule has 21 heavy (non-hydrogen) atoms. The lowest BCUT2D eigenvalue weighted by Crippen LogP contribution is -2.39. The summed E-state index contributed by atoms with van der Waals surface area (Å²) < 4.78 is 0. The Bertz CT molecular complexity index is 453. The fraction of sp³-hybridized carbons (Fsp3) is 0.700. The van der Waals surface area contributed by atoms with Crippen molar-refractivity contribution in [1.82, 2.24) is 0 Å². The van der Waals surface area contributed by atoms with Gasteiger partial charge in [0.25, 0.3) is 0 Å². The molecule has 1 heteroatoms. The Balaban J connectivity index is 2.10. The summed E-state index contributed by atoms with van der Waals surface area (Å²) in [6.45, 7) is 12.4. The van der Waals surface area contributed by atoms with Crippen LogP contribution >= 0.6 is 0 Å². The van der Waals surface area contributed by atoms with Gasteiger partial charge in [0.1, 0.15) is 0 Å². The number of benzene rings is 1. The maximum atomic E-state index is 6.22. The predicted molar refractivity (Wildman–Crippen MR) is 92.5 cm³/mol. The molecule has 1 nitrogen and oxygen atoms in total. The Morgan fingerprint density at radius 1 is 1.05 bits per heavy atom. The third-order valence-electron chi connectivity index (χ3n) is 5.56. The van der Waals surface area contributed by atoms with Crippen LogP contribution in [0.15, 0.2) is 18.2 Å². The van der Waals surface area contributed by atoms with E-state index in [0.717, 1.165) is 18.9 Å². The van der Waals surface area contributed by atoms with E-state index in [1.807, 2.05) is 0 Å². The highest BCUT2D eigenvalue weighted by atomic mass is 14.6. The Morgan fingerprint density at radius 2 is 1.57 bits per heavy atom. The summed E-state index contributed by atoms with van der Waals surface area (Å²) in [5.41, 5.74) is 11.2. The summed E-state index contributed by atoms with van der Waals surface area (Å²) in [6, 6.07) is 6.95. The van der Waals surface area contributed by atoms with Gasteiger partial charge in [-0.15, -0.1) is 0 Å². The zero-order valence-corrected chi connectivity index (χ0v) is 14.6. The van der Waals surface area contributed by atoms with Gasteiger partial charge in [0.05, 0.1) is 0 Å². The fourth-order valence-corrected chi connectivity index (χ4v) is 4.15. The van der Waals surface area contributed by atoms with Crippen molar-refractivity contribution in [3.63, 3.8) is 0 Å². The Morgan fingerprint density at radius 3 is 2.00 bits per heavy atom. The van der Waals surface area contributed by atoms with Crippen molar-refractivity contribution in [1.29, 1.82) is 0 Å². The first kappa shape index (κ1) is 16.5. The average Bonchev–Trinajstić information content (AvgIpc) is 2.37. The molecule has 2 rings (SSSR count). The number of rotatable bonds is 3. The maximum absolute atomic E-state index is 6.22. The minimum Gasteiger partial charge on any atom is -0.330 e. The van der Waals surface area contributed by atoms with Crippen molar-refractivity contribution in [2.75, 3.05) is 6.54 Å². The van der Waals surface area contributed by atoms with Gasteiger partial charge < -0.3 is 5.73 Å². The van der Waals surface area contributed by atoms with E-state index in [9.17, 15) is 0 Å². The van der Waals surface area contributed by atoms with E-state index >= 15 is 0 Å². The van der Waals surface area contributed by atoms with Gasteiger partial charge in [0.15, 0.2) is 0 Å². The van der Waals surface area contributed by atoms with E-state index in [0.29, 0.717) is 10.8 Å². The van der Waals surface area contributed by atoms with Crippen LogP contribution in [0.3, 0.4) is 0 Å². The van der Waals surface area contributed by atoms with Crippen molar-refractivity contribution in [3.8, 4) is 0 Å². The number of hydrogen-bond acceptors (Lipinski definition) is 1. The molecule has 0 saturated heterocycles. The van der Waals surface area contributed by atoms with E-state index in [1.54, 1.807) is 0 Å². The molecule has 0 aromatic heterocycles. The molecule has 0 spiro atoms. The fourth-order valence-electron chi connectivity index (χ4n) is 4.15. The standard InChI is InChI=1S/C20H33N/c1-15-10-16(2)12-17(11-15)13-20(14-21)8-6-18(7-9-20)19(3,4)5/h10-12,18H,6-9,13-14,21H2,1-5H3. The SMILES string of the molecule is Cc1cc(C)cc(CC2(CN)CCC(C(C)(C)C)CC2)c1. The second kappa shape index (κ2) is 6.12. The predicted octanol–water partition coefficient (Wildman–Crippen LogP) is 5.03. The van der Waals surface area contributed by atoms with Gasteiger partial charge in [0, 0.05) is 0 Å². The van der Waals surface area contributed by atoms with Crippen LogP contribution in [0, 0.1) is 30.6 Å². The lowest BCUT2D eigenvalue weighted by Gasteiger charge is -2.44. The van der Waals surface area contributed by atoms with Crippen LogP contribution in [0.2, 0.25) is 0 Å². The van der Waals surface area contributed by atoms with Gasteiger partial charge in [-0.05, 0) is 74.8 Å². The van der Waals surface area contributed by atoms with Crippen LogP contribution in [0.4, 0.5) is 0 Å². The summed E-state index contributed by atoms with van der Waals surface area (Å²) in [6.07, 6.45) is 6.41. The zero-order chi connectivity index (χ0) is 15.7. The second-order valence-electron chi connectivity index (χ2n) is 8.52. The number of nitrogens with two attached hydrogens (primary N) is 1. The topological polar surface area (TPSA) is 26.0 Å². The first-order chi connectivity index (χ1) is 9.74. The molecule has 0 atom stereocenters. The highest BCUT2D eigenvalue weighted by Crippen LogP contribution is 2.46. The van der Waals surface area contributed by atoms with Crippen LogP contribution in [0.5, 0.6) is 0 Å². The molecule has 1 saturated carbocycles. The second-order valence-corrected chi connectivity index (χ2v) is 8.52. The molecule has 118 valence electrons. The van der Waals surface area contributed by atoms with E-state index in [2.05, 4.69) is 52.8 Å². The van der Waals surface area contributed by atoms with E-state index in [4.69, 9.17) is 5.73 Å². The van der Waals surface area contributed by atoms with Crippen LogP contribution < -0.4 is 5.73 Å². The molecule has 0 bridgehead atoms. The van der Waals surface area contributed by atoms with E-state index in [1.165, 1.54) is 42.4 Å². The maximum Gasteiger partial charge on any atom is -0.00173 e. The van der Waals surface area contributed by atoms with E-state index < -0.39 is 0 Å². The van der Waals surface area contributed by atoms with Gasteiger partial charge in [-0.25, -0.2) is 0 Å². The number of aryl methyl sites for hydroxylation is 2. The third-order valence-corrected chi connectivity index (χ3v) is 5.56.